The first kappa shape index (κ1) is 20.0. The summed E-state index contributed by atoms with van der Waals surface area (Å²) in [6, 6.07) is 5.95. The van der Waals surface area contributed by atoms with Crippen LogP contribution in [-0.2, 0) is 17.5 Å². The minimum atomic E-state index is -4.39. The summed E-state index contributed by atoms with van der Waals surface area (Å²) in [4.78, 5) is 14.6. The maximum absolute atomic E-state index is 13.2. The van der Waals surface area contributed by atoms with Gasteiger partial charge in [-0.15, -0.1) is 12.4 Å². The zero-order valence-corrected chi connectivity index (χ0v) is 15.0. The van der Waals surface area contributed by atoms with Crippen LogP contribution in [0.5, 0.6) is 0 Å². The Hall–Kier alpha value is -1.27. The van der Waals surface area contributed by atoms with Crippen molar-refractivity contribution in [2.24, 2.45) is 5.92 Å². The minimum absolute atomic E-state index is 0. The largest absolute Gasteiger partial charge is 0.416 e. The van der Waals surface area contributed by atoms with Gasteiger partial charge in [-0.05, 0) is 50.8 Å². The van der Waals surface area contributed by atoms with Gasteiger partial charge in [-0.2, -0.15) is 13.2 Å². The van der Waals surface area contributed by atoms with E-state index in [-0.39, 0.29) is 48.4 Å². The van der Waals surface area contributed by atoms with Gasteiger partial charge in [0.1, 0.15) is 0 Å². The Kier molecular flexibility index (Phi) is 6.38. The third-order valence-corrected chi connectivity index (χ3v) is 4.91. The number of piperidine rings is 1. The van der Waals surface area contributed by atoms with Gasteiger partial charge in [-0.1, -0.05) is 18.2 Å². The molecule has 25 heavy (non-hydrogen) atoms. The molecule has 1 aliphatic heterocycles. The fourth-order valence-corrected chi connectivity index (χ4v) is 3.48. The Bertz CT molecular complexity index is 604. The predicted octanol–water partition coefficient (Wildman–Crippen LogP) is 4.01. The molecule has 2 atom stereocenters. The van der Waals surface area contributed by atoms with E-state index < -0.39 is 11.7 Å². The molecule has 1 saturated heterocycles. The highest BCUT2D eigenvalue weighted by molar-refractivity contribution is 5.85. The molecule has 1 aromatic carbocycles. The van der Waals surface area contributed by atoms with E-state index in [9.17, 15) is 18.0 Å². The van der Waals surface area contributed by atoms with Crippen LogP contribution in [0.2, 0.25) is 0 Å². The second kappa shape index (κ2) is 7.96. The maximum atomic E-state index is 13.2. The van der Waals surface area contributed by atoms with Crippen LogP contribution in [0, 0.1) is 5.92 Å². The molecule has 140 valence electrons. The Balaban J connectivity index is 0.00000225. The number of carbonyl (C=O) groups excluding carboxylic acids is 1. The van der Waals surface area contributed by atoms with E-state index in [1.165, 1.54) is 12.1 Å². The van der Waals surface area contributed by atoms with Crippen LogP contribution in [0.25, 0.3) is 0 Å². The summed E-state index contributed by atoms with van der Waals surface area (Å²) in [7, 11) is 0. The standard InChI is InChI=1S/C18H23F3N2O.ClH/c1-12-10-13(8-9-22-12)17(24)23(15-6-7-15)11-14-4-2-3-5-16(14)18(19,20)21;/h2-5,12-13,15,22H,6-11H2,1H3;1H/t12-,13-;/m0./s1. The van der Waals surface area contributed by atoms with Crippen molar-refractivity contribution in [2.75, 3.05) is 6.54 Å². The first-order chi connectivity index (χ1) is 11.4. The Labute approximate surface area is 152 Å². The van der Waals surface area contributed by atoms with Gasteiger partial charge < -0.3 is 10.2 Å². The number of alkyl halides is 3. The number of hydrogen-bond donors (Lipinski definition) is 1. The molecule has 0 spiro atoms. The normalized spacial score (nSPS) is 23.7. The fourth-order valence-electron chi connectivity index (χ4n) is 3.48. The lowest BCUT2D eigenvalue weighted by Gasteiger charge is -2.33. The Morgan fingerprint density at radius 1 is 1.24 bits per heavy atom. The van der Waals surface area contributed by atoms with Crippen molar-refractivity contribution >= 4 is 18.3 Å². The number of nitrogens with zero attached hydrogens (tertiary/aromatic N) is 1. The zero-order valence-electron chi connectivity index (χ0n) is 14.2. The van der Waals surface area contributed by atoms with Crippen molar-refractivity contribution in [3.8, 4) is 0 Å². The van der Waals surface area contributed by atoms with E-state index >= 15 is 0 Å². The molecule has 7 heteroatoms. The third-order valence-electron chi connectivity index (χ3n) is 4.91. The van der Waals surface area contributed by atoms with Crippen LogP contribution >= 0.6 is 12.4 Å². The van der Waals surface area contributed by atoms with Crippen LogP contribution in [0.15, 0.2) is 24.3 Å². The third kappa shape index (κ3) is 4.88. The van der Waals surface area contributed by atoms with Gasteiger partial charge in [-0.25, -0.2) is 0 Å². The number of hydrogen-bond acceptors (Lipinski definition) is 2. The smallest absolute Gasteiger partial charge is 0.335 e. The SMILES string of the molecule is C[C@H]1C[C@@H](C(=O)N(Cc2ccccc2C(F)(F)F)C2CC2)CCN1.Cl. The van der Waals surface area contributed by atoms with E-state index in [0.717, 1.165) is 38.3 Å². The number of halogens is 4. The molecule has 0 radical (unpaired) electrons. The molecule has 0 bridgehead atoms. The lowest BCUT2D eigenvalue weighted by molar-refractivity contribution is -0.142. The highest BCUT2D eigenvalue weighted by Gasteiger charge is 2.39. The first-order valence-electron chi connectivity index (χ1n) is 8.55. The average Bonchev–Trinajstić information content (AvgIpc) is 3.36. The summed E-state index contributed by atoms with van der Waals surface area (Å²) < 4.78 is 39.6. The number of carbonyl (C=O) groups is 1. The van der Waals surface area contributed by atoms with Crippen molar-refractivity contribution in [2.45, 2.75) is 57.4 Å². The van der Waals surface area contributed by atoms with Gasteiger partial charge in [0, 0.05) is 24.5 Å². The highest BCUT2D eigenvalue weighted by atomic mass is 35.5. The molecule has 0 aromatic heterocycles. The fraction of sp³-hybridized carbons (Fsp3) is 0.611. The van der Waals surface area contributed by atoms with E-state index in [0.29, 0.717) is 0 Å². The molecular formula is C18H24ClF3N2O. The molecule has 2 aliphatic rings. The van der Waals surface area contributed by atoms with Crippen molar-refractivity contribution < 1.29 is 18.0 Å². The molecule has 1 N–H and O–H groups in total. The van der Waals surface area contributed by atoms with E-state index in [1.807, 2.05) is 6.92 Å². The lowest BCUT2D eigenvalue weighted by Crippen LogP contribution is -2.44. The number of amides is 1. The molecule has 1 aromatic rings. The van der Waals surface area contributed by atoms with E-state index in [2.05, 4.69) is 5.32 Å². The first-order valence-corrected chi connectivity index (χ1v) is 8.55. The monoisotopic (exact) mass is 376 g/mol. The topological polar surface area (TPSA) is 32.3 Å². The van der Waals surface area contributed by atoms with Crippen LogP contribution < -0.4 is 5.32 Å². The quantitative estimate of drug-likeness (QED) is 0.861. The number of rotatable bonds is 4. The van der Waals surface area contributed by atoms with Crippen LogP contribution in [0.4, 0.5) is 13.2 Å². The highest BCUT2D eigenvalue weighted by Crippen LogP contribution is 2.36. The second-order valence-electron chi connectivity index (χ2n) is 6.93. The molecular weight excluding hydrogens is 353 g/mol. The summed E-state index contributed by atoms with van der Waals surface area (Å²) in [5, 5.41) is 3.31. The summed E-state index contributed by atoms with van der Waals surface area (Å²) in [5.41, 5.74) is -0.450. The molecule has 0 unspecified atom stereocenters. The van der Waals surface area contributed by atoms with Crippen LogP contribution in [0.3, 0.4) is 0 Å². The summed E-state index contributed by atoms with van der Waals surface area (Å²) in [5.74, 6) is -0.0669. The molecule has 1 aliphatic carbocycles. The zero-order chi connectivity index (χ0) is 17.3. The van der Waals surface area contributed by atoms with Gasteiger partial charge in [-0.3, -0.25) is 4.79 Å². The molecule has 1 amide bonds. The summed E-state index contributed by atoms with van der Waals surface area (Å²) in [6.07, 6.45) is -1.10. The van der Waals surface area contributed by atoms with Crippen LogP contribution in [0.1, 0.15) is 43.7 Å². The van der Waals surface area contributed by atoms with Gasteiger partial charge in [0.2, 0.25) is 5.91 Å². The number of nitrogens with one attached hydrogen (secondary N) is 1. The van der Waals surface area contributed by atoms with Crippen molar-refractivity contribution in [1.29, 1.82) is 0 Å². The minimum Gasteiger partial charge on any atom is -0.335 e. The summed E-state index contributed by atoms with van der Waals surface area (Å²) >= 11 is 0. The Morgan fingerprint density at radius 2 is 1.92 bits per heavy atom. The number of benzene rings is 1. The molecule has 1 saturated carbocycles. The van der Waals surface area contributed by atoms with Crippen LogP contribution in [-0.4, -0.2) is 29.4 Å². The summed E-state index contributed by atoms with van der Waals surface area (Å²) in [6.45, 7) is 2.88. The van der Waals surface area contributed by atoms with Gasteiger partial charge >= 0.3 is 6.18 Å². The Morgan fingerprint density at radius 3 is 2.52 bits per heavy atom. The maximum Gasteiger partial charge on any atom is 0.416 e. The van der Waals surface area contributed by atoms with E-state index in [4.69, 9.17) is 0 Å². The molecule has 1 heterocycles. The van der Waals surface area contributed by atoms with Gasteiger partial charge in [0.05, 0.1) is 5.56 Å². The van der Waals surface area contributed by atoms with Gasteiger partial charge in [0.15, 0.2) is 0 Å². The lowest BCUT2D eigenvalue weighted by atomic mass is 9.91. The van der Waals surface area contributed by atoms with Gasteiger partial charge in [0.25, 0.3) is 0 Å². The van der Waals surface area contributed by atoms with E-state index in [1.54, 1.807) is 11.0 Å². The second-order valence-corrected chi connectivity index (χ2v) is 6.93. The van der Waals surface area contributed by atoms with Crippen molar-refractivity contribution in [3.05, 3.63) is 35.4 Å². The molecule has 2 fully saturated rings. The average molecular weight is 377 g/mol. The van der Waals surface area contributed by atoms with Crippen molar-refractivity contribution in [1.82, 2.24) is 10.2 Å². The molecule has 3 nitrogen and oxygen atoms in total. The molecule has 3 rings (SSSR count). The predicted molar refractivity (Wildman–Crippen MR) is 92.5 cm³/mol. The van der Waals surface area contributed by atoms with Crippen molar-refractivity contribution in [3.63, 3.8) is 0 Å².